The fraction of sp³-hybridized carbons (Fsp3) is 0.200. The third kappa shape index (κ3) is 1.87. The van der Waals surface area contributed by atoms with Crippen molar-refractivity contribution in [2.75, 3.05) is 11.6 Å². The van der Waals surface area contributed by atoms with Crippen molar-refractivity contribution in [1.82, 2.24) is 9.66 Å². The summed E-state index contributed by atoms with van der Waals surface area (Å²) in [4.78, 5) is 25.3. The highest BCUT2D eigenvalue weighted by atomic mass is 35.5. The molecular formula is C10H10ClN3O3. The number of amides is 1. The van der Waals surface area contributed by atoms with Crippen LogP contribution in [0.15, 0.2) is 23.0 Å². The lowest BCUT2D eigenvalue weighted by Crippen LogP contribution is -2.44. The molecule has 2 rings (SSSR count). The second-order valence-electron chi connectivity index (χ2n) is 3.40. The summed E-state index contributed by atoms with van der Waals surface area (Å²) in [7, 11) is 0. The molecular weight excluding hydrogens is 246 g/mol. The number of carboxylic acid groups (broad SMARTS) is 1. The van der Waals surface area contributed by atoms with Gasteiger partial charge in [-0.1, -0.05) is 11.6 Å². The van der Waals surface area contributed by atoms with Gasteiger partial charge in [0.05, 0.1) is 11.0 Å². The Labute approximate surface area is 101 Å². The van der Waals surface area contributed by atoms with Crippen LogP contribution in [0.2, 0.25) is 5.02 Å². The number of nitrogens with zero attached hydrogens (tertiary/aromatic N) is 2. The van der Waals surface area contributed by atoms with Crippen LogP contribution in [0.1, 0.15) is 6.92 Å². The number of carbonyl (C=O) groups is 1. The Morgan fingerprint density at radius 2 is 2.29 bits per heavy atom. The zero-order valence-corrected chi connectivity index (χ0v) is 9.73. The van der Waals surface area contributed by atoms with Gasteiger partial charge in [-0.25, -0.2) is 14.6 Å². The molecule has 0 aliphatic heterocycles. The number of fused-ring (bicyclic) bond motifs is 1. The third-order valence-electron chi connectivity index (χ3n) is 2.38. The summed E-state index contributed by atoms with van der Waals surface area (Å²) < 4.78 is 1.08. The first kappa shape index (κ1) is 11.5. The summed E-state index contributed by atoms with van der Waals surface area (Å²) in [6, 6.07) is 4.77. The van der Waals surface area contributed by atoms with Crippen LogP contribution in [-0.4, -0.2) is 27.4 Å². The van der Waals surface area contributed by atoms with E-state index in [4.69, 9.17) is 16.7 Å². The molecule has 0 atom stereocenters. The van der Waals surface area contributed by atoms with E-state index in [1.807, 2.05) is 0 Å². The maximum Gasteiger partial charge on any atom is 0.426 e. The van der Waals surface area contributed by atoms with Gasteiger partial charge in [-0.05, 0) is 25.1 Å². The molecule has 0 fully saturated rings. The van der Waals surface area contributed by atoms with Crippen LogP contribution in [0.3, 0.4) is 0 Å². The number of imidazole rings is 1. The Hall–Kier alpha value is -1.95. The molecule has 0 unspecified atom stereocenters. The Morgan fingerprint density at radius 3 is 2.88 bits per heavy atom. The molecule has 0 aliphatic carbocycles. The van der Waals surface area contributed by atoms with Gasteiger partial charge in [-0.15, -0.1) is 0 Å². The minimum absolute atomic E-state index is 0.171. The van der Waals surface area contributed by atoms with Gasteiger partial charge in [0.2, 0.25) is 0 Å². The third-order valence-corrected chi connectivity index (χ3v) is 2.62. The largest absolute Gasteiger partial charge is 0.464 e. The van der Waals surface area contributed by atoms with Crippen LogP contribution in [0.5, 0.6) is 0 Å². The van der Waals surface area contributed by atoms with Crippen LogP contribution < -0.4 is 10.7 Å². The molecule has 1 heterocycles. The number of halogens is 1. The van der Waals surface area contributed by atoms with Crippen molar-refractivity contribution in [2.24, 2.45) is 0 Å². The fourth-order valence-electron chi connectivity index (χ4n) is 1.67. The summed E-state index contributed by atoms with van der Waals surface area (Å²) in [5.74, 6) is 0. The number of H-pyrrole nitrogens is 1. The highest BCUT2D eigenvalue weighted by Crippen LogP contribution is 2.16. The first-order valence-electron chi connectivity index (χ1n) is 4.95. The number of hydrogen-bond acceptors (Lipinski definition) is 2. The van der Waals surface area contributed by atoms with Crippen molar-refractivity contribution in [3.05, 3.63) is 33.7 Å². The monoisotopic (exact) mass is 255 g/mol. The van der Waals surface area contributed by atoms with Crippen molar-refractivity contribution >= 4 is 28.7 Å². The van der Waals surface area contributed by atoms with E-state index >= 15 is 0 Å². The number of aromatic nitrogens is 2. The van der Waals surface area contributed by atoms with Crippen LogP contribution in [0.25, 0.3) is 11.0 Å². The molecule has 0 saturated heterocycles. The maximum atomic E-state index is 11.7. The first-order chi connectivity index (χ1) is 8.04. The van der Waals surface area contributed by atoms with Gasteiger partial charge >= 0.3 is 11.8 Å². The molecule has 0 saturated carbocycles. The van der Waals surface area contributed by atoms with Crippen LogP contribution in [0, 0.1) is 0 Å². The van der Waals surface area contributed by atoms with Crippen molar-refractivity contribution in [3.8, 4) is 0 Å². The number of benzene rings is 1. The van der Waals surface area contributed by atoms with Gasteiger partial charge in [0.15, 0.2) is 0 Å². The smallest absolute Gasteiger partial charge is 0.426 e. The van der Waals surface area contributed by atoms with E-state index in [9.17, 15) is 9.59 Å². The summed E-state index contributed by atoms with van der Waals surface area (Å²) in [6.07, 6.45) is -1.19. The van der Waals surface area contributed by atoms with Crippen molar-refractivity contribution < 1.29 is 9.90 Å². The van der Waals surface area contributed by atoms with Gasteiger partial charge in [-0.2, -0.15) is 4.68 Å². The molecule has 0 radical (unpaired) electrons. The molecule has 1 aromatic carbocycles. The zero-order chi connectivity index (χ0) is 12.6. The number of aromatic amines is 1. The molecule has 1 aromatic heterocycles. The molecule has 1 amide bonds. The van der Waals surface area contributed by atoms with Gasteiger partial charge in [0.1, 0.15) is 0 Å². The molecule has 17 heavy (non-hydrogen) atoms. The SMILES string of the molecule is CCN(C(=O)O)n1c(=O)[nH]c2cc(Cl)ccc21. The van der Waals surface area contributed by atoms with E-state index in [-0.39, 0.29) is 6.54 Å². The summed E-state index contributed by atoms with van der Waals surface area (Å²) in [6.45, 7) is 1.82. The number of nitrogens with one attached hydrogen (secondary N) is 1. The molecule has 90 valence electrons. The maximum absolute atomic E-state index is 11.7. The van der Waals surface area contributed by atoms with Gasteiger partial charge in [-0.3, -0.25) is 0 Å². The van der Waals surface area contributed by atoms with Crippen molar-refractivity contribution in [3.63, 3.8) is 0 Å². The first-order valence-corrected chi connectivity index (χ1v) is 5.33. The summed E-state index contributed by atoms with van der Waals surface area (Å²) in [5.41, 5.74) is 0.470. The predicted octanol–water partition coefficient (Wildman–Crippen LogP) is 1.62. The Morgan fingerprint density at radius 1 is 1.59 bits per heavy atom. The highest BCUT2D eigenvalue weighted by Gasteiger charge is 2.17. The topological polar surface area (TPSA) is 78.3 Å². The van der Waals surface area contributed by atoms with Gasteiger partial charge in [0.25, 0.3) is 0 Å². The van der Waals surface area contributed by atoms with Crippen LogP contribution >= 0.6 is 11.6 Å². The van der Waals surface area contributed by atoms with Gasteiger partial charge < -0.3 is 10.1 Å². The van der Waals surface area contributed by atoms with Crippen molar-refractivity contribution in [2.45, 2.75) is 6.92 Å². The molecule has 0 spiro atoms. The second-order valence-corrected chi connectivity index (χ2v) is 3.84. The van der Waals surface area contributed by atoms with E-state index in [1.165, 1.54) is 0 Å². The minimum Gasteiger partial charge on any atom is -0.464 e. The molecule has 2 aromatic rings. The lowest BCUT2D eigenvalue weighted by Gasteiger charge is -2.17. The lowest BCUT2D eigenvalue weighted by molar-refractivity contribution is 0.195. The van der Waals surface area contributed by atoms with E-state index < -0.39 is 11.8 Å². The van der Waals surface area contributed by atoms with Crippen molar-refractivity contribution in [1.29, 1.82) is 0 Å². The second kappa shape index (κ2) is 4.14. The van der Waals surface area contributed by atoms with Crippen LogP contribution in [0.4, 0.5) is 4.79 Å². The summed E-state index contributed by atoms with van der Waals surface area (Å²) in [5, 5.41) is 10.4. The molecule has 0 bridgehead atoms. The average Bonchev–Trinajstić information content (AvgIpc) is 2.55. The van der Waals surface area contributed by atoms with E-state index in [2.05, 4.69) is 4.98 Å². The van der Waals surface area contributed by atoms with E-state index in [1.54, 1.807) is 25.1 Å². The predicted molar refractivity (Wildman–Crippen MR) is 64.4 cm³/mol. The number of hydrogen-bond donors (Lipinski definition) is 2. The summed E-state index contributed by atoms with van der Waals surface area (Å²) >= 11 is 5.80. The molecule has 7 heteroatoms. The normalized spacial score (nSPS) is 10.7. The Balaban J connectivity index is 2.72. The molecule has 2 N–H and O–H groups in total. The van der Waals surface area contributed by atoms with Crippen LogP contribution in [-0.2, 0) is 0 Å². The number of rotatable bonds is 2. The molecule has 0 aliphatic rings. The van der Waals surface area contributed by atoms with Gasteiger partial charge in [0, 0.05) is 11.6 Å². The standard InChI is InChI=1S/C10H10ClN3O3/c1-2-13(10(16)17)14-8-4-3-6(11)5-7(8)12-9(14)15/h3-5H,2H2,1H3,(H,12,15)(H,16,17). The molecule has 6 nitrogen and oxygen atoms in total. The van der Waals surface area contributed by atoms with E-state index in [0.717, 1.165) is 9.69 Å². The lowest BCUT2D eigenvalue weighted by atomic mass is 10.3. The quantitative estimate of drug-likeness (QED) is 0.856. The minimum atomic E-state index is -1.19. The highest BCUT2D eigenvalue weighted by molar-refractivity contribution is 6.31. The average molecular weight is 256 g/mol. The zero-order valence-electron chi connectivity index (χ0n) is 8.98. The Bertz CT molecular complexity index is 631. The Kier molecular flexibility index (Phi) is 2.81. The van der Waals surface area contributed by atoms with E-state index in [0.29, 0.717) is 16.1 Å². The fourth-order valence-corrected chi connectivity index (χ4v) is 1.84.